The molecule has 0 aromatic heterocycles. The van der Waals surface area contributed by atoms with Crippen LogP contribution in [0.1, 0.15) is 45.6 Å². The molecule has 1 N–H and O–H groups in total. The van der Waals surface area contributed by atoms with Gasteiger partial charge < -0.3 is 15.0 Å². The summed E-state index contributed by atoms with van der Waals surface area (Å²) in [4.78, 5) is 14.0. The first-order chi connectivity index (χ1) is 10.8. The number of carbonyl (C=O) groups excluding carboxylic acids is 1. The minimum Gasteiger partial charge on any atom is -0.444 e. The topological polar surface area (TPSA) is 41.6 Å². The molecular formula is C18H27ClN2O2. The van der Waals surface area contributed by atoms with Gasteiger partial charge in [0.25, 0.3) is 0 Å². The van der Waals surface area contributed by atoms with E-state index in [-0.39, 0.29) is 6.09 Å². The van der Waals surface area contributed by atoms with Gasteiger partial charge in [0.15, 0.2) is 0 Å². The molecule has 1 unspecified atom stereocenters. The Labute approximate surface area is 144 Å². The predicted molar refractivity (Wildman–Crippen MR) is 93.7 cm³/mol. The fraction of sp³-hybridized carbons (Fsp3) is 0.611. The number of nitrogens with one attached hydrogen (secondary N) is 1. The number of halogens is 1. The van der Waals surface area contributed by atoms with Crippen LogP contribution in [0.15, 0.2) is 24.3 Å². The molecule has 1 fully saturated rings. The number of benzene rings is 1. The lowest BCUT2D eigenvalue weighted by atomic mass is 10.1. The Morgan fingerprint density at radius 1 is 1.30 bits per heavy atom. The molecule has 1 atom stereocenters. The third kappa shape index (κ3) is 6.04. The van der Waals surface area contributed by atoms with Crippen molar-refractivity contribution in [1.29, 1.82) is 0 Å². The number of ether oxygens (including phenoxy) is 1. The van der Waals surface area contributed by atoms with Gasteiger partial charge in [0.2, 0.25) is 0 Å². The van der Waals surface area contributed by atoms with Gasteiger partial charge in [-0.25, -0.2) is 4.79 Å². The molecule has 1 aromatic rings. The van der Waals surface area contributed by atoms with Crippen LogP contribution in [0, 0.1) is 0 Å². The highest BCUT2D eigenvalue weighted by atomic mass is 35.5. The lowest BCUT2D eigenvalue weighted by Crippen LogP contribution is -2.38. The summed E-state index contributed by atoms with van der Waals surface area (Å²) in [5, 5.41) is 4.36. The van der Waals surface area contributed by atoms with Gasteiger partial charge in [-0.1, -0.05) is 29.8 Å². The van der Waals surface area contributed by atoms with Crippen LogP contribution in [0.4, 0.5) is 4.79 Å². The van der Waals surface area contributed by atoms with E-state index >= 15 is 0 Å². The van der Waals surface area contributed by atoms with Gasteiger partial charge in [-0.3, -0.25) is 0 Å². The largest absolute Gasteiger partial charge is 0.444 e. The number of amides is 1. The first-order valence-corrected chi connectivity index (χ1v) is 8.68. The Kier molecular flexibility index (Phi) is 6.31. The highest BCUT2D eigenvalue weighted by Gasteiger charge is 2.25. The van der Waals surface area contributed by atoms with E-state index in [4.69, 9.17) is 16.3 Å². The summed E-state index contributed by atoms with van der Waals surface area (Å²) in [5.41, 5.74) is 0.674. The van der Waals surface area contributed by atoms with Crippen LogP contribution in [-0.2, 0) is 11.3 Å². The number of carbonyl (C=O) groups is 1. The zero-order valence-electron chi connectivity index (χ0n) is 14.3. The first kappa shape index (κ1) is 18.1. The third-order valence-electron chi connectivity index (χ3n) is 3.92. The SMILES string of the molecule is CC(C)(C)OC(=O)N1CCCC(NCc2ccccc2Cl)CC1. The maximum atomic E-state index is 12.2. The number of rotatable bonds is 3. The van der Waals surface area contributed by atoms with E-state index in [0.717, 1.165) is 49.5 Å². The summed E-state index contributed by atoms with van der Waals surface area (Å²) in [6.07, 6.45) is 2.77. The minimum absolute atomic E-state index is 0.204. The van der Waals surface area contributed by atoms with E-state index in [1.807, 2.05) is 49.9 Å². The Balaban J connectivity index is 1.82. The van der Waals surface area contributed by atoms with Crippen molar-refractivity contribution in [1.82, 2.24) is 10.2 Å². The molecule has 1 heterocycles. The molecule has 5 heteroatoms. The molecule has 1 saturated heterocycles. The Hall–Kier alpha value is -1.26. The van der Waals surface area contributed by atoms with Crippen LogP contribution in [0.3, 0.4) is 0 Å². The van der Waals surface area contributed by atoms with Crippen molar-refractivity contribution in [2.45, 2.75) is 58.2 Å². The van der Waals surface area contributed by atoms with Gasteiger partial charge in [-0.05, 0) is 51.7 Å². The molecule has 128 valence electrons. The maximum absolute atomic E-state index is 12.2. The predicted octanol–water partition coefficient (Wildman–Crippen LogP) is 4.22. The maximum Gasteiger partial charge on any atom is 0.410 e. The van der Waals surface area contributed by atoms with Gasteiger partial charge in [0.05, 0.1) is 0 Å². The summed E-state index contributed by atoms with van der Waals surface area (Å²) in [5.74, 6) is 0. The number of nitrogens with zero attached hydrogens (tertiary/aromatic N) is 1. The standard InChI is InChI=1S/C18H27ClN2O2/c1-18(2,3)23-17(22)21-11-6-8-15(10-12-21)20-13-14-7-4-5-9-16(14)19/h4-5,7,9,15,20H,6,8,10-13H2,1-3H3. The second-order valence-corrected chi connectivity index (χ2v) is 7.47. The number of hydrogen-bond donors (Lipinski definition) is 1. The van der Waals surface area contributed by atoms with Crippen molar-refractivity contribution in [3.05, 3.63) is 34.9 Å². The Morgan fingerprint density at radius 3 is 2.74 bits per heavy atom. The molecule has 1 aliphatic heterocycles. The lowest BCUT2D eigenvalue weighted by molar-refractivity contribution is 0.0256. The molecule has 0 saturated carbocycles. The molecule has 0 bridgehead atoms. The van der Waals surface area contributed by atoms with Crippen molar-refractivity contribution in [3.8, 4) is 0 Å². The van der Waals surface area contributed by atoms with Gasteiger partial charge in [0.1, 0.15) is 5.60 Å². The fourth-order valence-electron chi connectivity index (χ4n) is 2.71. The normalized spacial score (nSPS) is 19.3. The fourth-order valence-corrected chi connectivity index (χ4v) is 2.91. The molecule has 1 amide bonds. The van der Waals surface area contributed by atoms with Crippen LogP contribution in [0.2, 0.25) is 5.02 Å². The molecule has 0 radical (unpaired) electrons. The average Bonchev–Trinajstić information content (AvgIpc) is 2.70. The van der Waals surface area contributed by atoms with Crippen LogP contribution in [-0.4, -0.2) is 35.7 Å². The summed E-state index contributed by atoms with van der Waals surface area (Å²) >= 11 is 6.19. The van der Waals surface area contributed by atoms with Gasteiger partial charge in [0, 0.05) is 30.7 Å². The molecule has 2 rings (SSSR count). The Morgan fingerprint density at radius 2 is 2.04 bits per heavy atom. The van der Waals surface area contributed by atoms with Crippen molar-refractivity contribution in [3.63, 3.8) is 0 Å². The quantitative estimate of drug-likeness (QED) is 0.897. The van der Waals surface area contributed by atoms with E-state index < -0.39 is 5.60 Å². The van der Waals surface area contributed by atoms with Crippen LogP contribution >= 0.6 is 11.6 Å². The third-order valence-corrected chi connectivity index (χ3v) is 4.29. The first-order valence-electron chi connectivity index (χ1n) is 8.30. The molecule has 1 aliphatic rings. The summed E-state index contributed by atoms with van der Waals surface area (Å²) in [6.45, 7) is 7.95. The minimum atomic E-state index is -0.439. The monoisotopic (exact) mass is 338 g/mol. The highest BCUT2D eigenvalue weighted by molar-refractivity contribution is 6.31. The van der Waals surface area contributed by atoms with Gasteiger partial charge in [-0.15, -0.1) is 0 Å². The van der Waals surface area contributed by atoms with Crippen LogP contribution in [0.5, 0.6) is 0 Å². The second-order valence-electron chi connectivity index (χ2n) is 7.07. The average molecular weight is 339 g/mol. The van der Waals surface area contributed by atoms with Crippen molar-refractivity contribution in [2.24, 2.45) is 0 Å². The summed E-state index contributed by atoms with van der Waals surface area (Å²) in [6, 6.07) is 8.30. The van der Waals surface area contributed by atoms with E-state index in [2.05, 4.69) is 5.32 Å². The lowest BCUT2D eigenvalue weighted by Gasteiger charge is -2.26. The summed E-state index contributed by atoms with van der Waals surface area (Å²) in [7, 11) is 0. The van der Waals surface area contributed by atoms with E-state index in [1.165, 1.54) is 0 Å². The van der Waals surface area contributed by atoms with Crippen molar-refractivity contribution >= 4 is 17.7 Å². The Bertz CT molecular complexity index is 528. The molecule has 4 nitrogen and oxygen atoms in total. The van der Waals surface area contributed by atoms with Gasteiger partial charge >= 0.3 is 6.09 Å². The van der Waals surface area contributed by atoms with E-state index in [0.29, 0.717) is 6.04 Å². The highest BCUT2D eigenvalue weighted by Crippen LogP contribution is 2.18. The van der Waals surface area contributed by atoms with Crippen LogP contribution in [0.25, 0.3) is 0 Å². The zero-order valence-corrected chi connectivity index (χ0v) is 15.0. The zero-order chi connectivity index (χ0) is 16.9. The van der Waals surface area contributed by atoms with Crippen molar-refractivity contribution in [2.75, 3.05) is 13.1 Å². The van der Waals surface area contributed by atoms with E-state index in [9.17, 15) is 4.79 Å². The molecule has 0 spiro atoms. The second kappa shape index (κ2) is 8.02. The number of hydrogen-bond acceptors (Lipinski definition) is 3. The molecule has 1 aromatic carbocycles. The summed E-state index contributed by atoms with van der Waals surface area (Å²) < 4.78 is 5.46. The van der Waals surface area contributed by atoms with Gasteiger partial charge in [-0.2, -0.15) is 0 Å². The van der Waals surface area contributed by atoms with Crippen LogP contribution < -0.4 is 5.32 Å². The molecular weight excluding hydrogens is 312 g/mol. The molecule has 23 heavy (non-hydrogen) atoms. The van der Waals surface area contributed by atoms with E-state index in [1.54, 1.807) is 0 Å². The number of likely N-dealkylation sites (tertiary alicyclic amines) is 1. The van der Waals surface area contributed by atoms with Crippen molar-refractivity contribution < 1.29 is 9.53 Å². The smallest absolute Gasteiger partial charge is 0.410 e. The molecule has 0 aliphatic carbocycles.